The number of hydrogen-bond donors (Lipinski definition) is 0. The van der Waals surface area contributed by atoms with E-state index < -0.39 is 6.43 Å². The molecule has 1 rings (SSSR count). The Morgan fingerprint density at radius 3 is 2.62 bits per heavy atom. The van der Waals surface area contributed by atoms with Gasteiger partial charge in [0.25, 0.3) is 6.43 Å². The number of nitrogens with zero attached hydrogens (tertiary/aromatic N) is 1. The van der Waals surface area contributed by atoms with E-state index in [1.807, 2.05) is 22.6 Å². The number of rotatable bonds is 2. The van der Waals surface area contributed by atoms with Crippen LogP contribution < -0.4 is 0 Å². The Morgan fingerprint density at radius 2 is 2.15 bits per heavy atom. The lowest BCUT2D eigenvalue weighted by atomic mass is 10.3. The van der Waals surface area contributed by atoms with Gasteiger partial charge in [-0.15, -0.1) is 0 Å². The third-order valence-corrected chi connectivity index (χ3v) is 4.79. The van der Waals surface area contributed by atoms with Crippen molar-refractivity contribution in [2.45, 2.75) is 11.8 Å². The van der Waals surface area contributed by atoms with Crippen molar-refractivity contribution in [1.29, 1.82) is 0 Å². The summed E-state index contributed by atoms with van der Waals surface area (Å²) in [5, 5.41) is 0.611. The Bertz CT molecular complexity index is 320. The van der Waals surface area contributed by atoms with Gasteiger partial charge in [0.1, 0.15) is 5.69 Å². The first-order valence-corrected chi connectivity index (χ1v) is 6.24. The minimum Gasteiger partial charge on any atom is -0.254 e. The molecule has 0 amide bonds. The largest absolute Gasteiger partial charge is 0.281 e. The molecule has 1 heterocycles. The molecule has 1 aromatic rings. The average molecular weight is 427 g/mol. The third kappa shape index (κ3) is 2.59. The summed E-state index contributed by atoms with van der Waals surface area (Å²) in [5.74, 6) is 0. The van der Waals surface area contributed by atoms with Crippen LogP contribution in [0, 0.1) is 3.57 Å². The van der Waals surface area contributed by atoms with E-state index >= 15 is 0 Å². The minimum absolute atomic E-state index is 0.200. The van der Waals surface area contributed by atoms with Crippen molar-refractivity contribution in [2.24, 2.45) is 0 Å². The molecule has 0 aliphatic heterocycles. The summed E-state index contributed by atoms with van der Waals surface area (Å²) < 4.78 is 25.8. The fourth-order valence-corrected chi connectivity index (χ4v) is 2.85. The predicted molar refractivity (Wildman–Crippen MR) is 62.2 cm³/mol. The van der Waals surface area contributed by atoms with Gasteiger partial charge in [0.05, 0.1) is 4.47 Å². The second-order valence-corrected chi connectivity index (χ2v) is 4.66. The maximum absolute atomic E-state index is 12.3. The lowest BCUT2D eigenvalue weighted by molar-refractivity contribution is 0.145. The Balaban J connectivity index is 3.23. The summed E-state index contributed by atoms with van der Waals surface area (Å²) in [5.41, 5.74) is 0.700. The van der Waals surface area contributed by atoms with Gasteiger partial charge in [-0.3, -0.25) is 4.98 Å². The molecule has 0 aliphatic rings. The quantitative estimate of drug-likeness (QED) is 0.508. The number of aromatic nitrogens is 1. The first-order chi connectivity index (χ1) is 6.07. The van der Waals surface area contributed by atoms with Crippen LogP contribution in [0.25, 0.3) is 0 Å². The van der Waals surface area contributed by atoms with Gasteiger partial charge in [-0.1, -0.05) is 15.9 Å². The average Bonchev–Trinajstić information content (AvgIpc) is 2.09. The molecule has 0 radical (unpaired) electrons. The van der Waals surface area contributed by atoms with E-state index in [0.29, 0.717) is 9.80 Å². The highest BCUT2D eigenvalue weighted by Gasteiger charge is 2.17. The molecule has 0 aliphatic carbocycles. The Labute approximate surface area is 105 Å². The van der Waals surface area contributed by atoms with Crippen LogP contribution in [0.1, 0.15) is 17.7 Å². The molecule has 0 bridgehead atoms. The first-order valence-electron chi connectivity index (χ1n) is 3.24. The summed E-state index contributed by atoms with van der Waals surface area (Å²) in [6, 6.07) is 0. The predicted octanol–water partition coefficient (Wildman–Crippen LogP) is 4.28. The summed E-state index contributed by atoms with van der Waals surface area (Å²) in [6.45, 7) is 0. The van der Waals surface area contributed by atoms with Gasteiger partial charge in [0, 0.05) is 15.1 Å². The van der Waals surface area contributed by atoms with Gasteiger partial charge in [0.2, 0.25) is 0 Å². The molecular weight excluding hydrogens is 423 g/mol. The van der Waals surface area contributed by atoms with Crippen LogP contribution in [0.2, 0.25) is 0 Å². The van der Waals surface area contributed by atoms with Gasteiger partial charge in [-0.05, 0) is 44.1 Å². The molecule has 0 N–H and O–H groups in total. The van der Waals surface area contributed by atoms with Crippen LogP contribution in [0.15, 0.2) is 10.7 Å². The van der Waals surface area contributed by atoms with Crippen LogP contribution in [0.3, 0.4) is 0 Å². The molecule has 0 unspecified atom stereocenters. The van der Waals surface area contributed by atoms with Crippen LogP contribution >= 0.6 is 54.5 Å². The molecule has 0 fully saturated rings. The molecule has 0 spiro atoms. The lowest BCUT2D eigenvalue weighted by Crippen LogP contribution is -1.97. The van der Waals surface area contributed by atoms with Crippen LogP contribution in [0.5, 0.6) is 0 Å². The Morgan fingerprint density at radius 1 is 1.54 bits per heavy atom. The second-order valence-electron chi connectivity index (χ2n) is 2.23. The standard InChI is InChI=1S/C7H4Br2F2IN/c8-1-3-2-13-6(7(10)11)4(9)5(3)12/h2,7H,1H2. The molecule has 72 valence electrons. The maximum atomic E-state index is 12.3. The van der Waals surface area contributed by atoms with Gasteiger partial charge in [0.15, 0.2) is 0 Å². The van der Waals surface area contributed by atoms with Gasteiger partial charge in [-0.2, -0.15) is 0 Å². The van der Waals surface area contributed by atoms with E-state index in [1.165, 1.54) is 6.20 Å². The molecule has 1 aromatic heterocycles. The van der Waals surface area contributed by atoms with Crippen molar-refractivity contribution in [3.8, 4) is 0 Å². The van der Waals surface area contributed by atoms with Gasteiger partial charge < -0.3 is 0 Å². The molecule has 1 nitrogen and oxygen atoms in total. The monoisotopic (exact) mass is 425 g/mol. The highest BCUT2D eigenvalue weighted by molar-refractivity contribution is 14.1. The minimum atomic E-state index is -2.53. The van der Waals surface area contributed by atoms with E-state index in [1.54, 1.807) is 0 Å². The van der Waals surface area contributed by atoms with Crippen LogP contribution in [-0.4, -0.2) is 4.98 Å². The van der Waals surface area contributed by atoms with E-state index in [2.05, 4.69) is 36.8 Å². The van der Waals surface area contributed by atoms with Crippen LogP contribution in [-0.2, 0) is 5.33 Å². The van der Waals surface area contributed by atoms with Crippen molar-refractivity contribution in [3.05, 3.63) is 25.5 Å². The highest BCUT2D eigenvalue weighted by Crippen LogP contribution is 2.31. The molecule has 0 atom stereocenters. The zero-order chi connectivity index (χ0) is 10.0. The fraction of sp³-hybridized carbons (Fsp3) is 0.286. The maximum Gasteiger partial charge on any atom is 0.281 e. The Hall–Kier alpha value is 0.700. The number of pyridine rings is 1. The zero-order valence-corrected chi connectivity index (χ0v) is 11.5. The molecular formula is C7H4Br2F2IN. The summed E-state index contributed by atoms with van der Waals surface area (Å²) >= 11 is 8.37. The lowest BCUT2D eigenvalue weighted by Gasteiger charge is -2.07. The van der Waals surface area contributed by atoms with E-state index in [0.717, 1.165) is 9.13 Å². The van der Waals surface area contributed by atoms with E-state index in [9.17, 15) is 8.78 Å². The van der Waals surface area contributed by atoms with Crippen molar-refractivity contribution >= 4 is 54.5 Å². The third-order valence-electron chi connectivity index (χ3n) is 1.41. The zero-order valence-electron chi connectivity index (χ0n) is 6.20. The van der Waals surface area contributed by atoms with Crippen molar-refractivity contribution in [3.63, 3.8) is 0 Å². The topological polar surface area (TPSA) is 12.9 Å². The molecule has 13 heavy (non-hydrogen) atoms. The number of hydrogen-bond acceptors (Lipinski definition) is 1. The molecule has 0 aromatic carbocycles. The summed E-state index contributed by atoms with van der Waals surface area (Å²) in [4.78, 5) is 3.68. The smallest absolute Gasteiger partial charge is 0.254 e. The van der Waals surface area contributed by atoms with Crippen LogP contribution in [0.4, 0.5) is 8.78 Å². The summed E-state index contributed by atoms with van der Waals surface area (Å²) in [6.07, 6.45) is -1.07. The second kappa shape index (κ2) is 4.97. The van der Waals surface area contributed by atoms with Gasteiger partial charge >= 0.3 is 0 Å². The number of halogens is 5. The molecule has 0 saturated heterocycles. The normalized spacial score (nSPS) is 10.9. The fourth-order valence-electron chi connectivity index (χ4n) is 0.760. The van der Waals surface area contributed by atoms with E-state index in [4.69, 9.17) is 0 Å². The Kier molecular flexibility index (Phi) is 4.50. The van der Waals surface area contributed by atoms with Crippen molar-refractivity contribution < 1.29 is 8.78 Å². The first kappa shape index (κ1) is 11.8. The molecule has 0 saturated carbocycles. The molecule has 6 heteroatoms. The van der Waals surface area contributed by atoms with Crippen molar-refractivity contribution in [2.75, 3.05) is 0 Å². The highest BCUT2D eigenvalue weighted by atomic mass is 127. The SMILES string of the molecule is FC(F)c1ncc(CBr)c(I)c1Br. The number of alkyl halides is 3. The van der Waals surface area contributed by atoms with Gasteiger partial charge in [-0.25, -0.2) is 8.78 Å². The van der Waals surface area contributed by atoms with Crippen molar-refractivity contribution in [1.82, 2.24) is 4.98 Å². The summed E-state index contributed by atoms with van der Waals surface area (Å²) in [7, 11) is 0. The van der Waals surface area contributed by atoms with E-state index in [-0.39, 0.29) is 5.69 Å².